The van der Waals surface area contributed by atoms with E-state index >= 15 is 0 Å². The van der Waals surface area contributed by atoms with Gasteiger partial charge in [0.1, 0.15) is 11.2 Å². The molecule has 0 bridgehead atoms. The molecule has 6 unspecified atom stereocenters. The maximum absolute atomic E-state index is 12.1. The second kappa shape index (κ2) is 2.86. The summed E-state index contributed by atoms with van der Waals surface area (Å²) >= 11 is 0. The van der Waals surface area contributed by atoms with Gasteiger partial charge in [-0.05, 0) is 31.1 Å². The van der Waals surface area contributed by atoms with Gasteiger partial charge >= 0.3 is 5.97 Å². The topological polar surface area (TPSA) is 59.1 Å². The molecule has 2 saturated carbocycles. The van der Waals surface area contributed by atoms with E-state index in [1.54, 1.807) is 6.92 Å². The molecule has 4 nitrogen and oxygen atoms in total. The molecule has 0 radical (unpaired) electrons. The smallest absolute Gasteiger partial charge is 0.312 e. The van der Waals surface area contributed by atoms with Crippen LogP contribution < -0.4 is 0 Å². The highest BCUT2D eigenvalue weighted by atomic mass is 16.7. The number of ether oxygens (including phenoxy) is 2. The molecule has 2 heterocycles. The van der Waals surface area contributed by atoms with E-state index in [4.69, 9.17) is 9.47 Å². The Hall–Kier alpha value is -0.610. The summed E-state index contributed by atoms with van der Waals surface area (Å²) in [7, 11) is 0. The van der Waals surface area contributed by atoms with Gasteiger partial charge in [0.15, 0.2) is 5.60 Å². The SMILES string of the molecule is CC1C(=O)OC23CC(C)(C)C4OC42C(C)CCC13O. The van der Waals surface area contributed by atoms with Crippen LogP contribution in [0.3, 0.4) is 0 Å². The van der Waals surface area contributed by atoms with Crippen LogP contribution >= 0.6 is 0 Å². The summed E-state index contributed by atoms with van der Waals surface area (Å²) in [4.78, 5) is 12.1. The number of hydrogen-bond donors (Lipinski definition) is 1. The van der Waals surface area contributed by atoms with Crippen LogP contribution in [0.5, 0.6) is 0 Å². The highest BCUT2D eigenvalue weighted by molar-refractivity contribution is 5.79. The minimum absolute atomic E-state index is 0.0447. The first-order valence-electron chi connectivity index (χ1n) is 7.34. The second-order valence-corrected chi connectivity index (χ2v) is 7.79. The van der Waals surface area contributed by atoms with Crippen molar-refractivity contribution in [3.8, 4) is 0 Å². The summed E-state index contributed by atoms with van der Waals surface area (Å²) in [6.07, 6.45) is 2.35. The molecule has 2 saturated heterocycles. The van der Waals surface area contributed by atoms with Crippen LogP contribution in [0, 0.1) is 17.3 Å². The number of rotatable bonds is 0. The van der Waals surface area contributed by atoms with E-state index in [1.807, 2.05) is 0 Å². The fourth-order valence-corrected chi connectivity index (χ4v) is 5.42. The molecule has 4 heteroatoms. The zero-order valence-electron chi connectivity index (χ0n) is 12.0. The van der Waals surface area contributed by atoms with Crippen LogP contribution in [-0.2, 0) is 14.3 Å². The van der Waals surface area contributed by atoms with Gasteiger partial charge in [-0.15, -0.1) is 0 Å². The molecule has 4 rings (SSSR count). The fourth-order valence-electron chi connectivity index (χ4n) is 5.42. The highest BCUT2D eigenvalue weighted by Crippen LogP contribution is 2.76. The number of carbonyl (C=O) groups is 1. The lowest BCUT2D eigenvalue weighted by Gasteiger charge is -2.50. The van der Waals surface area contributed by atoms with E-state index in [2.05, 4.69) is 20.8 Å². The van der Waals surface area contributed by atoms with Crippen molar-refractivity contribution in [2.75, 3.05) is 0 Å². The van der Waals surface area contributed by atoms with Crippen LogP contribution in [0.4, 0.5) is 0 Å². The second-order valence-electron chi connectivity index (χ2n) is 7.79. The van der Waals surface area contributed by atoms with E-state index < -0.39 is 22.7 Å². The van der Waals surface area contributed by atoms with Crippen molar-refractivity contribution in [2.45, 2.75) is 69.9 Å². The van der Waals surface area contributed by atoms with E-state index in [0.29, 0.717) is 18.8 Å². The Bertz CT molecular complexity index is 487. The monoisotopic (exact) mass is 266 g/mol. The number of epoxide rings is 1. The van der Waals surface area contributed by atoms with Crippen molar-refractivity contribution in [1.82, 2.24) is 0 Å². The summed E-state index contributed by atoms with van der Waals surface area (Å²) in [5.41, 5.74) is -2.36. The average molecular weight is 266 g/mol. The summed E-state index contributed by atoms with van der Waals surface area (Å²) in [5.74, 6) is -0.379. The maximum Gasteiger partial charge on any atom is 0.312 e. The first-order valence-corrected chi connectivity index (χ1v) is 7.34. The van der Waals surface area contributed by atoms with Gasteiger partial charge in [0.2, 0.25) is 0 Å². The summed E-state index contributed by atoms with van der Waals surface area (Å²) in [6.45, 7) is 8.27. The Labute approximate surface area is 113 Å². The summed E-state index contributed by atoms with van der Waals surface area (Å²) in [5, 5.41) is 11.2. The van der Waals surface area contributed by atoms with Crippen LogP contribution in [0.2, 0.25) is 0 Å². The van der Waals surface area contributed by atoms with Gasteiger partial charge in [-0.25, -0.2) is 0 Å². The Morgan fingerprint density at radius 3 is 2.63 bits per heavy atom. The van der Waals surface area contributed by atoms with Crippen molar-refractivity contribution in [1.29, 1.82) is 0 Å². The van der Waals surface area contributed by atoms with Crippen molar-refractivity contribution >= 4 is 5.97 Å². The number of esters is 1. The molecule has 2 aliphatic carbocycles. The molecule has 1 N–H and O–H groups in total. The molecule has 2 aliphatic heterocycles. The van der Waals surface area contributed by atoms with Gasteiger partial charge in [-0.1, -0.05) is 20.8 Å². The van der Waals surface area contributed by atoms with Crippen molar-refractivity contribution in [2.24, 2.45) is 17.3 Å². The highest BCUT2D eigenvalue weighted by Gasteiger charge is 2.91. The molecular weight excluding hydrogens is 244 g/mol. The van der Waals surface area contributed by atoms with Crippen molar-refractivity contribution in [3.63, 3.8) is 0 Å². The van der Waals surface area contributed by atoms with Crippen LogP contribution in [0.15, 0.2) is 0 Å². The van der Waals surface area contributed by atoms with Gasteiger partial charge in [0, 0.05) is 6.42 Å². The van der Waals surface area contributed by atoms with E-state index in [-0.39, 0.29) is 17.5 Å². The largest absolute Gasteiger partial charge is 0.452 e. The Morgan fingerprint density at radius 2 is 2.00 bits per heavy atom. The normalized spacial score (nSPS) is 61.1. The van der Waals surface area contributed by atoms with Gasteiger partial charge in [-0.3, -0.25) is 4.79 Å². The third kappa shape index (κ3) is 0.963. The number of hydrogen-bond acceptors (Lipinski definition) is 4. The molecule has 0 aromatic rings. The maximum atomic E-state index is 12.1. The molecule has 0 amide bonds. The number of aliphatic hydroxyl groups is 1. The minimum atomic E-state index is -1.06. The van der Waals surface area contributed by atoms with Gasteiger partial charge in [0.05, 0.1) is 12.0 Å². The zero-order chi connectivity index (χ0) is 13.8. The lowest BCUT2D eigenvalue weighted by Crippen LogP contribution is -2.66. The molecule has 2 spiro atoms. The predicted molar refractivity (Wildman–Crippen MR) is 67.3 cm³/mol. The van der Waals surface area contributed by atoms with Gasteiger partial charge in [0.25, 0.3) is 0 Å². The molecule has 6 atom stereocenters. The van der Waals surface area contributed by atoms with E-state index in [0.717, 1.165) is 6.42 Å². The van der Waals surface area contributed by atoms with E-state index in [1.165, 1.54) is 0 Å². The Balaban J connectivity index is 1.93. The molecule has 106 valence electrons. The molecule has 0 aromatic heterocycles. The van der Waals surface area contributed by atoms with Crippen molar-refractivity contribution in [3.05, 3.63) is 0 Å². The Morgan fingerprint density at radius 1 is 1.32 bits per heavy atom. The standard InChI is InChI=1S/C15H22O4/c1-8-5-6-13(17)9(2)10(16)18-14(13)7-12(3,4)11-15(8,14)19-11/h8-9,11,17H,5-7H2,1-4H3. The van der Waals surface area contributed by atoms with Gasteiger partial charge < -0.3 is 14.6 Å². The van der Waals surface area contributed by atoms with Gasteiger partial charge in [-0.2, -0.15) is 0 Å². The van der Waals surface area contributed by atoms with Crippen LogP contribution in [0.25, 0.3) is 0 Å². The first-order chi connectivity index (χ1) is 8.71. The third-order valence-corrected chi connectivity index (χ3v) is 6.43. The molecule has 4 aliphatic rings. The summed E-state index contributed by atoms with van der Waals surface area (Å²) in [6, 6.07) is 0. The lowest BCUT2D eigenvalue weighted by molar-refractivity contribution is -0.210. The number of carbonyl (C=O) groups excluding carboxylic acids is 1. The van der Waals surface area contributed by atoms with Crippen molar-refractivity contribution < 1.29 is 19.4 Å². The molecule has 4 fully saturated rings. The van der Waals surface area contributed by atoms with Crippen LogP contribution in [0.1, 0.15) is 47.0 Å². The fraction of sp³-hybridized carbons (Fsp3) is 0.933. The van der Waals surface area contributed by atoms with Crippen LogP contribution in [-0.4, -0.2) is 34.0 Å². The lowest BCUT2D eigenvalue weighted by atomic mass is 9.59. The summed E-state index contributed by atoms with van der Waals surface area (Å²) < 4.78 is 11.9. The van der Waals surface area contributed by atoms with E-state index in [9.17, 15) is 9.90 Å². The quantitative estimate of drug-likeness (QED) is 0.535. The first kappa shape index (κ1) is 12.2. The Kier molecular flexibility index (Phi) is 1.83. The molecular formula is C15H22O4. The molecule has 19 heavy (non-hydrogen) atoms. The minimum Gasteiger partial charge on any atom is -0.452 e. The molecule has 0 aromatic carbocycles. The third-order valence-electron chi connectivity index (χ3n) is 6.43. The zero-order valence-corrected chi connectivity index (χ0v) is 12.0. The predicted octanol–water partition coefficient (Wildman–Crippen LogP) is 1.65. The average Bonchev–Trinajstić information content (AvgIpc) is 3.00.